The summed E-state index contributed by atoms with van der Waals surface area (Å²) < 4.78 is 58.7. The Balaban J connectivity index is 1.38. The van der Waals surface area contributed by atoms with Crippen LogP contribution in [0.25, 0.3) is 16.9 Å². The molecular formula is C26H31F3IN7O3. The lowest BCUT2D eigenvalue weighted by atomic mass is 9.97. The molecule has 7 heterocycles. The molecule has 0 amide bonds. The molecular weight excluding hydrogens is 642 g/mol. The molecule has 5 atom stereocenters. The SMILES string of the molecule is OC1CCN(c2cc(N3C4CCC3COC4)nc3c2c(I)nn3-c2ccn(C3CCCCO3)n2)C(C(F)(F)F)C1. The van der Waals surface area contributed by atoms with Crippen molar-refractivity contribution in [2.75, 3.05) is 36.2 Å². The Morgan fingerprint density at radius 2 is 1.82 bits per heavy atom. The van der Waals surface area contributed by atoms with Crippen LogP contribution in [-0.2, 0) is 9.47 Å². The van der Waals surface area contributed by atoms with Crippen LogP contribution in [0.15, 0.2) is 18.3 Å². The minimum atomic E-state index is -4.50. The van der Waals surface area contributed by atoms with Gasteiger partial charge >= 0.3 is 6.18 Å². The van der Waals surface area contributed by atoms with Crippen LogP contribution >= 0.6 is 22.6 Å². The van der Waals surface area contributed by atoms with E-state index in [0.717, 1.165) is 32.1 Å². The molecule has 1 N–H and O–H groups in total. The maximum absolute atomic E-state index is 14.3. The molecule has 14 heteroatoms. The van der Waals surface area contributed by atoms with E-state index >= 15 is 0 Å². The molecule has 10 nitrogen and oxygen atoms in total. The Kier molecular flexibility index (Phi) is 6.86. The van der Waals surface area contributed by atoms with E-state index in [4.69, 9.17) is 24.7 Å². The summed E-state index contributed by atoms with van der Waals surface area (Å²) >= 11 is 2.07. The van der Waals surface area contributed by atoms with Gasteiger partial charge < -0.3 is 24.4 Å². The Labute approximate surface area is 242 Å². The Hall–Kier alpha value is -2.17. The lowest BCUT2D eigenvalue weighted by molar-refractivity contribution is -0.159. The average molecular weight is 673 g/mol. The number of aliphatic hydroxyl groups excluding tert-OH is 1. The number of halogens is 4. The molecule has 4 saturated heterocycles. The Bertz CT molecular complexity index is 1380. The highest BCUT2D eigenvalue weighted by Gasteiger charge is 2.48. The zero-order chi connectivity index (χ0) is 27.6. The van der Waals surface area contributed by atoms with E-state index in [2.05, 4.69) is 27.5 Å². The molecule has 40 heavy (non-hydrogen) atoms. The second-order valence-electron chi connectivity index (χ2n) is 11.1. The van der Waals surface area contributed by atoms with Gasteiger partial charge in [0.05, 0.1) is 42.5 Å². The zero-order valence-electron chi connectivity index (χ0n) is 21.8. The first-order valence-electron chi connectivity index (χ1n) is 13.9. The van der Waals surface area contributed by atoms with Gasteiger partial charge in [0.1, 0.15) is 21.8 Å². The minimum absolute atomic E-state index is 0.0781. The van der Waals surface area contributed by atoms with Crippen molar-refractivity contribution in [1.82, 2.24) is 24.5 Å². The number of piperidine rings is 1. The third kappa shape index (κ3) is 4.64. The number of rotatable bonds is 4. The standard InChI is InChI=1S/C26H31F3IN7O3/c27-26(28,29)19-11-17(38)6-8-34(19)18-12-21(36-15-4-5-16(36)14-39-13-15)31-25-23(18)24(30)33-37(25)20-7-9-35(32-20)22-3-1-2-10-40-22/h7,9,12,15-17,19,22,38H,1-6,8,10-11,13-14H2. The molecule has 0 radical (unpaired) electrons. The van der Waals surface area contributed by atoms with E-state index in [1.54, 1.807) is 15.4 Å². The van der Waals surface area contributed by atoms with Gasteiger partial charge in [-0.15, -0.1) is 0 Å². The van der Waals surface area contributed by atoms with Crippen molar-refractivity contribution in [3.05, 3.63) is 22.0 Å². The van der Waals surface area contributed by atoms with Gasteiger partial charge in [0.15, 0.2) is 11.5 Å². The van der Waals surface area contributed by atoms with Gasteiger partial charge in [-0.1, -0.05) is 0 Å². The minimum Gasteiger partial charge on any atom is -0.393 e. The summed E-state index contributed by atoms with van der Waals surface area (Å²) in [4.78, 5) is 8.65. The molecule has 3 aromatic rings. The smallest absolute Gasteiger partial charge is 0.393 e. The van der Waals surface area contributed by atoms with Gasteiger partial charge in [0.25, 0.3) is 0 Å². The van der Waals surface area contributed by atoms with Crippen LogP contribution in [0.2, 0.25) is 0 Å². The molecule has 3 aromatic heterocycles. The fraction of sp³-hybridized carbons (Fsp3) is 0.654. The highest BCUT2D eigenvalue weighted by atomic mass is 127. The van der Waals surface area contributed by atoms with Gasteiger partial charge in [0.2, 0.25) is 0 Å². The second kappa shape index (κ2) is 10.3. The van der Waals surface area contributed by atoms with Gasteiger partial charge in [-0.25, -0.2) is 9.67 Å². The Morgan fingerprint density at radius 3 is 2.55 bits per heavy atom. The molecule has 216 valence electrons. The highest BCUT2D eigenvalue weighted by molar-refractivity contribution is 14.1. The number of pyridine rings is 1. The molecule has 4 fully saturated rings. The molecule has 0 saturated carbocycles. The van der Waals surface area contributed by atoms with Crippen molar-refractivity contribution in [2.24, 2.45) is 0 Å². The number of nitrogens with zero attached hydrogens (tertiary/aromatic N) is 7. The largest absolute Gasteiger partial charge is 0.408 e. The summed E-state index contributed by atoms with van der Waals surface area (Å²) in [5.41, 5.74) is 0.899. The lowest BCUT2D eigenvalue weighted by Crippen LogP contribution is -2.52. The van der Waals surface area contributed by atoms with Gasteiger partial charge in [0, 0.05) is 37.9 Å². The van der Waals surface area contributed by atoms with Gasteiger partial charge in [-0.3, -0.25) is 0 Å². The number of fused-ring (bicyclic) bond motifs is 3. The number of morpholine rings is 1. The summed E-state index contributed by atoms with van der Waals surface area (Å²) in [6, 6.07) is 2.06. The molecule has 5 unspecified atom stereocenters. The summed E-state index contributed by atoms with van der Waals surface area (Å²) in [5.74, 6) is 1.15. The first-order chi connectivity index (χ1) is 19.3. The fourth-order valence-electron chi connectivity index (χ4n) is 6.64. The Morgan fingerprint density at radius 1 is 1.02 bits per heavy atom. The number of aromatic nitrogens is 5. The van der Waals surface area contributed by atoms with E-state index in [1.807, 2.05) is 12.3 Å². The van der Waals surface area contributed by atoms with Gasteiger partial charge in [-0.2, -0.15) is 28.1 Å². The maximum atomic E-state index is 14.3. The van der Waals surface area contributed by atoms with Gasteiger partial charge in [-0.05, 0) is 61.1 Å². The van der Waals surface area contributed by atoms with Crippen molar-refractivity contribution >= 4 is 45.1 Å². The van der Waals surface area contributed by atoms with Crippen molar-refractivity contribution in [1.29, 1.82) is 0 Å². The summed E-state index contributed by atoms with van der Waals surface area (Å²) in [6.07, 6.45) is 0.923. The maximum Gasteiger partial charge on any atom is 0.408 e. The van der Waals surface area contributed by atoms with E-state index in [-0.39, 0.29) is 37.7 Å². The fourth-order valence-corrected chi connectivity index (χ4v) is 7.38. The zero-order valence-corrected chi connectivity index (χ0v) is 24.0. The number of anilines is 2. The lowest BCUT2D eigenvalue weighted by Gasteiger charge is -2.41. The van der Waals surface area contributed by atoms with Crippen LogP contribution in [0.5, 0.6) is 0 Å². The summed E-state index contributed by atoms with van der Waals surface area (Å²) in [7, 11) is 0. The predicted molar refractivity (Wildman–Crippen MR) is 149 cm³/mol. The van der Waals surface area contributed by atoms with E-state index < -0.39 is 18.3 Å². The summed E-state index contributed by atoms with van der Waals surface area (Å²) in [5, 5.41) is 20.2. The highest BCUT2D eigenvalue weighted by Crippen LogP contribution is 2.43. The van der Waals surface area contributed by atoms with Crippen LogP contribution in [0.3, 0.4) is 0 Å². The van der Waals surface area contributed by atoms with Crippen molar-refractivity contribution < 1.29 is 27.8 Å². The van der Waals surface area contributed by atoms with Crippen molar-refractivity contribution in [2.45, 2.75) is 81.6 Å². The molecule has 0 aromatic carbocycles. The van der Waals surface area contributed by atoms with Crippen LogP contribution in [0, 0.1) is 3.70 Å². The van der Waals surface area contributed by atoms with E-state index in [9.17, 15) is 18.3 Å². The number of ether oxygens (including phenoxy) is 2. The molecule has 2 bridgehead atoms. The molecule has 0 spiro atoms. The van der Waals surface area contributed by atoms with Crippen LogP contribution < -0.4 is 9.80 Å². The first-order valence-corrected chi connectivity index (χ1v) is 15.0. The average Bonchev–Trinajstić information content (AvgIpc) is 3.62. The van der Waals surface area contributed by atoms with Crippen LogP contribution in [0.1, 0.15) is 51.2 Å². The number of hydrogen-bond donors (Lipinski definition) is 1. The first kappa shape index (κ1) is 26.7. The number of hydrogen-bond acceptors (Lipinski definition) is 8. The molecule has 7 rings (SSSR count). The second-order valence-corrected chi connectivity index (χ2v) is 12.2. The molecule has 0 aliphatic carbocycles. The quantitative estimate of drug-likeness (QED) is 0.413. The number of alkyl halides is 3. The third-order valence-electron chi connectivity index (χ3n) is 8.59. The van der Waals surface area contributed by atoms with Crippen molar-refractivity contribution in [3.63, 3.8) is 0 Å². The van der Waals surface area contributed by atoms with E-state index in [1.165, 1.54) is 4.90 Å². The van der Waals surface area contributed by atoms with Crippen LogP contribution in [0.4, 0.5) is 24.7 Å². The predicted octanol–water partition coefficient (Wildman–Crippen LogP) is 4.18. The molecule has 4 aliphatic rings. The normalized spacial score (nSPS) is 29.5. The summed E-state index contributed by atoms with van der Waals surface area (Å²) in [6.45, 7) is 1.89. The number of aliphatic hydroxyl groups is 1. The third-order valence-corrected chi connectivity index (χ3v) is 9.34. The topological polar surface area (TPSA) is 93.7 Å². The molecule has 4 aliphatic heterocycles. The monoisotopic (exact) mass is 673 g/mol. The van der Waals surface area contributed by atoms with Crippen LogP contribution in [-0.4, -0.2) is 86.4 Å². The van der Waals surface area contributed by atoms with Crippen molar-refractivity contribution in [3.8, 4) is 5.82 Å². The van der Waals surface area contributed by atoms with E-state index in [0.29, 0.717) is 51.9 Å².